The van der Waals surface area contributed by atoms with E-state index in [0.29, 0.717) is 19.5 Å². The molecule has 21 heavy (non-hydrogen) atoms. The zero-order valence-electron chi connectivity index (χ0n) is 13.3. The van der Waals surface area contributed by atoms with Gasteiger partial charge in [-0.3, -0.25) is 9.69 Å². The Labute approximate surface area is 127 Å². The minimum absolute atomic E-state index is 0.0344. The molecule has 1 saturated heterocycles. The van der Waals surface area contributed by atoms with Gasteiger partial charge in [0.15, 0.2) is 0 Å². The van der Waals surface area contributed by atoms with E-state index in [9.17, 15) is 4.79 Å². The molecule has 0 bridgehead atoms. The number of amides is 1. The van der Waals surface area contributed by atoms with Gasteiger partial charge in [-0.15, -0.1) is 0 Å². The highest BCUT2D eigenvalue weighted by Gasteiger charge is 2.25. The summed E-state index contributed by atoms with van der Waals surface area (Å²) in [6.45, 7) is 9.23. The predicted molar refractivity (Wildman–Crippen MR) is 81.5 cm³/mol. The van der Waals surface area contributed by atoms with Crippen LogP contribution >= 0.6 is 0 Å². The van der Waals surface area contributed by atoms with Gasteiger partial charge in [-0.05, 0) is 5.92 Å². The van der Waals surface area contributed by atoms with Gasteiger partial charge >= 0.3 is 0 Å². The van der Waals surface area contributed by atoms with Crippen LogP contribution in [0.4, 0.5) is 0 Å². The molecule has 0 aromatic carbocycles. The first-order valence-corrected chi connectivity index (χ1v) is 7.81. The number of rotatable bonds is 8. The van der Waals surface area contributed by atoms with Crippen LogP contribution in [0, 0.1) is 17.2 Å². The van der Waals surface area contributed by atoms with E-state index in [1.165, 1.54) is 0 Å². The molecule has 2 N–H and O–H groups in total. The van der Waals surface area contributed by atoms with E-state index in [0.717, 1.165) is 39.3 Å². The average Bonchev–Trinajstić information content (AvgIpc) is 2.53. The van der Waals surface area contributed by atoms with E-state index in [-0.39, 0.29) is 11.8 Å². The standard InChI is InChI=1S/C15H28N4O2/c1-3-13(2)14(17)15(20)19(6-4-5-16)8-7-18-9-11-21-12-10-18/h13-14H,3-4,6-12,17H2,1-2H3/t13-,14-/m0/s1. The van der Waals surface area contributed by atoms with Gasteiger partial charge < -0.3 is 15.4 Å². The molecular formula is C15H28N4O2. The summed E-state index contributed by atoms with van der Waals surface area (Å²) in [4.78, 5) is 16.5. The Morgan fingerprint density at radius 1 is 1.43 bits per heavy atom. The maximum absolute atomic E-state index is 12.5. The van der Waals surface area contributed by atoms with Gasteiger partial charge in [0.05, 0.1) is 31.7 Å². The van der Waals surface area contributed by atoms with Gasteiger partial charge in [-0.1, -0.05) is 20.3 Å². The van der Waals surface area contributed by atoms with Gasteiger partial charge in [-0.2, -0.15) is 5.26 Å². The third kappa shape index (κ3) is 6.00. The van der Waals surface area contributed by atoms with E-state index >= 15 is 0 Å². The molecule has 0 unspecified atom stereocenters. The predicted octanol–water partition coefficient (Wildman–Crippen LogP) is 0.434. The number of hydrogen-bond donors (Lipinski definition) is 1. The molecular weight excluding hydrogens is 268 g/mol. The highest BCUT2D eigenvalue weighted by atomic mass is 16.5. The Morgan fingerprint density at radius 3 is 2.67 bits per heavy atom. The SMILES string of the molecule is CC[C@H](C)[C@H](N)C(=O)N(CCC#N)CCN1CCOCC1. The van der Waals surface area contributed by atoms with Crippen LogP contribution < -0.4 is 5.73 Å². The van der Waals surface area contributed by atoms with Crippen molar-refractivity contribution in [2.75, 3.05) is 45.9 Å². The number of ether oxygens (including phenoxy) is 1. The maximum Gasteiger partial charge on any atom is 0.239 e. The first-order chi connectivity index (χ1) is 10.1. The first-order valence-electron chi connectivity index (χ1n) is 7.81. The normalized spacial score (nSPS) is 18.8. The molecule has 1 heterocycles. The summed E-state index contributed by atoms with van der Waals surface area (Å²) in [6, 6.07) is 1.63. The van der Waals surface area contributed by atoms with Gasteiger partial charge in [0, 0.05) is 32.7 Å². The minimum atomic E-state index is -0.474. The molecule has 1 aliphatic rings. The lowest BCUT2D eigenvalue weighted by Gasteiger charge is -2.31. The summed E-state index contributed by atoms with van der Waals surface area (Å²) in [5, 5.41) is 8.76. The van der Waals surface area contributed by atoms with E-state index in [1.54, 1.807) is 4.90 Å². The zero-order valence-corrected chi connectivity index (χ0v) is 13.3. The first kappa shape index (κ1) is 17.9. The number of nitrogens with two attached hydrogens (primary N) is 1. The highest BCUT2D eigenvalue weighted by molar-refractivity contribution is 5.82. The lowest BCUT2D eigenvalue weighted by Crippen LogP contribution is -2.50. The molecule has 1 rings (SSSR count). The molecule has 1 amide bonds. The lowest BCUT2D eigenvalue weighted by molar-refractivity contribution is -0.134. The summed E-state index contributed by atoms with van der Waals surface area (Å²) in [5.41, 5.74) is 6.04. The third-order valence-corrected chi connectivity index (χ3v) is 4.14. The van der Waals surface area contributed by atoms with Crippen molar-refractivity contribution < 1.29 is 9.53 Å². The Kier molecular flexibility index (Phi) is 8.28. The number of carbonyl (C=O) groups is 1. The molecule has 120 valence electrons. The van der Waals surface area contributed by atoms with Crippen LogP contribution in [0.3, 0.4) is 0 Å². The van der Waals surface area contributed by atoms with Crippen LogP contribution in [0.2, 0.25) is 0 Å². The topological polar surface area (TPSA) is 82.6 Å². The number of morpholine rings is 1. The molecule has 2 atom stereocenters. The average molecular weight is 296 g/mol. The van der Waals surface area contributed by atoms with E-state index < -0.39 is 6.04 Å². The second-order valence-electron chi connectivity index (χ2n) is 5.60. The number of nitriles is 1. The lowest BCUT2D eigenvalue weighted by atomic mass is 9.99. The van der Waals surface area contributed by atoms with Gasteiger partial charge in [0.25, 0.3) is 0 Å². The summed E-state index contributed by atoms with van der Waals surface area (Å²) in [6.07, 6.45) is 1.23. The van der Waals surface area contributed by atoms with Crippen molar-refractivity contribution in [1.82, 2.24) is 9.80 Å². The van der Waals surface area contributed by atoms with E-state index in [1.807, 2.05) is 13.8 Å². The summed E-state index contributed by atoms with van der Waals surface area (Å²) >= 11 is 0. The molecule has 0 saturated carbocycles. The highest BCUT2D eigenvalue weighted by Crippen LogP contribution is 2.09. The molecule has 0 radical (unpaired) electrons. The Balaban J connectivity index is 2.53. The fraction of sp³-hybridized carbons (Fsp3) is 0.867. The second-order valence-corrected chi connectivity index (χ2v) is 5.60. The van der Waals surface area contributed by atoms with Crippen molar-refractivity contribution >= 4 is 5.91 Å². The molecule has 1 aliphatic heterocycles. The second kappa shape index (κ2) is 9.72. The van der Waals surface area contributed by atoms with Crippen molar-refractivity contribution in [3.63, 3.8) is 0 Å². The molecule has 0 aliphatic carbocycles. The zero-order chi connectivity index (χ0) is 15.7. The van der Waals surface area contributed by atoms with Crippen LogP contribution in [0.15, 0.2) is 0 Å². The van der Waals surface area contributed by atoms with E-state index in [2.05, 4.69) is 11.0 Å². The fourth-order valence-corrected chi connectivity index (χ4v) is 2.31. The summed E-state index contributed by atoms with van der Waals surface area (Å²) in [7, 11) is 0. The molecule has 0 aromatic heterocycles. The van der Waals surface area contributed by atoms with Crippen molar-refractivity contribution in [3.05, 3.63) is 0 Å². The van der Waals surface area contributed by atoms with Crippen LogP contribution in [0.5, 0.6) is 0 Å². The van der Waals surface area contributed by atoms with E-state index in [4.69, 9.17) is 15.7 Å². The third-order valence-electron chi connectivity index (χ3n) is 4.14. The fourth-order valence-electron chi connectivity index (χ4n) is 2.31. The maximum atomic E-state index is 12.5. The Hall–Kier alpha value is -1.16. The van der Waals surface area contributed by atoms with Gasteiger partial charge in [-0.25, -0.2) is 0 Å². The van der Waals surface area contributed by atoms with Gasteiger partial charge in [0.2, 0.25) is 5.91 Å². The Bertz CT molecular complexity index is 350. The van der Waals surface area contributed by atoms with Crippen LogP contribution in [-0.2, 0) is 9.53 Å². The van der Waals surface area contributed by atoms with Crippen molar-refractivity contribution in [2.45, 2.75) is 32.7 Å². The molecule has 0 aromatic rings. The molecule has 6 nitrogen and oxygen atoms in total. The summed E-state index contributed by atoms with van der Waals surface area (Å²) < 4.78 is 5.32. The summed E-state index contributed by atoms with van der Waals surface area (Å²) in [5.74, 6) is 0.123. The van der Waals surface area contributed by atoms with Gasteiger partial charge in [0.1, 0.15) is 0 Å². The molecule has 0 spiro atoms. The number of hydrogen-bond acceptors (Lipinski definition) is 5. The minimum Gasteiger partial charge on any atom is -0.379 e. The number of nitrogens with zero attached hydrogens (tertiary/aromatic N) is 3. The Morgan fingerprint density at radius 2 is 2.10 bits per heavy atom. The monoisotopic (exact) mass is 296 g/mol. The number of carbonyl (C=O) groups excluding carboxylic acids is 1. The quantitative estimate of drug-likeness (QED) is 0.702. The van der Waals surface area contributed by atoms with Crippen LogP contribution in [-0.4, -0.2) is 67.7 Å². The van der Waals surface area contributed by atoms with Crippen molar-refractivity contribution in [2.24, 2.45) is 11.7 Å². The van der Waals surface area contributed by atoms with Crippen molar-refractivity contribution in [3.8, 4) is 6.07 Å². The smallest absolute Gasteiger partial charge is 0.239 e. The van der Waals surface area contributed by atoms with Crippen LogP contribution in [0.1, 0.15) is 26.7 Å². The van der Waals surface area contributed by atoms with Crippen LogP contribution in [0.25, 0.3) is 0 Å². The molecule has 6 heteroatoms. The largest absolute Gasteiger partial charge is 0.379 e. The molecule has 1 fully saturated rings. The van der Waals surface area contributed by atoms with Crippen molar-refractivity contribution in [1.29, 1.82) is 5.26 Å².